The zero-order valence-electron chi connectivity index (χ0n) is 12.9. The van der Waals surface area contributed by atoms with E-state index in [-0.39, 0.29) is 24.2 Å². The van der Waals surface area contributed by atoms with Gasteiger partial charge in [-0.1, -0.05) is 30.3 Å². The number of thiazole rings is 1. The second-order valence-electron chi connectivity index (χ2n) is 5.49. The van der Waals surface area contributed by atoms with Crippen LogP contribution >= 0.6 is 11.3 Å². The van der Waals surface area contributed by atoms with Gasteiger partial charge in [-0.15, -0.1) is 11.3 Å². The van der Waals surface area contributed by atoms with Gasteiger partial charge in [-0.3, -0.25) is 9.59 Å². The molecule has 23 heavy (non-hydrogen) atoms. The van der Waals surface area contributed by atoms with Crippen LogP contribution in [0.2, 0.25) is 0 Å². The molecule has 0 N–H and O–H groups in total. The zero-order chi connectivity index (χ0) is 16.2. The van der Waals surface area contributed by atoms with Crippen LogP contribution < -0.4 is 0 Å². The van der Waals surface area contributed by atoms with E-state index >= 15 is 0 Å². The number of amides is 1. The molecule has 0 radical (unpaired) electrons. The van der Waals surface area contributed by atoms with E-state index in [1.54, 1.807) is 22.5 Å². The summed E-state index contributed by atoms with van der Waals surface area (Å²) < 4.78 is 5.49. The first-order valence-corrected chi connectivity index (χ1v) is 8.42. The van der Waals surface area contributed by atoms with Crippen LogP contribution in [0, 0.1) is 6.92 Å². The lowest BCUT2D eigenvalue weighted by molar-refractivity contribution is -0.00260. The van der Waals surface area contributed by atoms with Crippen LogP contribution in [0.15, 0.2) is 35.8 Å². The average Bonchev–Trinajstić information content (AvgIpc) is 3.01. The molecular weight excluding hydrogens is 312 g/mol. The summed E-state index contributed by atoms with van der Waals surface area (Å²) in [6, 6.07) is 8.92. The predicted molar refractivity (Wildman–Crippen MR) is 87.9 cm³/mol. The van der Waals surface area contributed by atoms with Gasteiger partial charge in [-0.05, 0) is 6.92 Å². The van der Waals surface area contributed by atoms with Gasteiger partial charge in [0.25, 0.3) is 5.91 Å². The normalized spacial score (nSPS) is 18.0. The zero-order valence-corrected chi connectivity index (χ0v) is 13.7. The van der Waals surface area contributed by atoms with Crippen LogP contribution in [-0.4, -0.2) is 47.4 Å². The number of rotatable bonds is 4. The Morgan fingerprint density at radius 2 is 2.13 bits per heavy atom. The molecule has 1 aliphatic heterocycles. The predicted octanol–water partition coefficient (Wildman–Crippen LogP) is 2.57. The molecule has 2 heterocycles. The van der Waals surface area contributed by atoms with Crippen LogP contribution in [0.4, 0.5) is 0 Å². The fourth-order valence-electron chi connectivity index (χ4n) is 2.68. The topological polar surface area (TPSA) is 59.5 Å². The maximum absolute atomic E-state index is 12.7. The lowest BCUT2D eigenvalue weighted by Gasteiger charge is -2.35. The summed E-state index contributed by atoms with van der Waals surface area (Å²) in [6.07, 6.45) is 0.271. The first-order valence-electron chi connectivity index (χ1n) is 7.54. The lowest BCUT2D eigenvalue weighted by Crippen LogP contribution is -2.49. The van der Waals surface area contributed by atoms with Gasteiger partial charge < -0.3 is 9.64 Å². The van der Waals surface area contributed by atoms with E-state index in [2.05, 4.69) is 4.98 Å². The highest BCUT2D eigenvalue weighted by atomic mass is 32.1. The quantitative estimate of drug-likeness (QED) is 0.809. The van der Waals surface area contributed by atoms with Crippen molar-refractivity contribution in [2.45, 2.75) is 19.4 Å². The highest BCUT2D eigenvalue weighted by Crippen LogP contribution is 2.21. The third kappa shape index (κ3) is 3.48. The van der Waals surface area contributed by atoms with Gasteiger partial charge in [-0.25, -0.2) is 4.98 Å². The van der Waals surface area contributed by atoms with Crippen molar-refractivity contribution in [3.8, 4) is 0 Å². The van der Waals surface area contributed by atoms with Crippen LogP contribution in [0.5, 0.6) is 0 Å². The summed E-state index contributed by atoms with van der Waals surface area (Å²) in [5.41, 5.74) is 3.08. The van der Waals surface area contributed by atoms with Gasteiger partial charge in [0.05, 0.1) is 30.5 Å². The Morgan fingerprint density at radius 1 is 1.35 bits per heavy atom. The number of carbonyl (C=O) groups is 2. The maximum Gasteiger partial charge on any atom is 0.266 e. The van der Waals surface area contributed by atoms with E-state index in [0.717, 1.165) is 5.69 Å². The largest absolute Gasteiger partial charge is 0.377 e. The third-order valence-corrected chi connectivity index (χ3v) is 4.86. The second kappa shape index (κ2) is 7.02. The van der Waals surface area contributed by atoms with E-state index in [1.165, 1.54) is 11.3 Å². The smallest absolute Gasteiger partial charge is 0.266 e. The Labute approximate surface area is 138 Å². The summed E-state index contributed by atoms with van der Waals surface area (Å²) in [7, 11) is 0. The average molecular weight is 330 g/mol. The number of Topliss-reactive ketones (excluding diaryl/α,β-unsaturated/α-hetero) is 1. The SMILES string of the molecule is Cc1ncsc1C(=O)N1CCOC[C@@H]1CC(=O)c1ccccc1. The maximum atomic E-state index is 12.7. The van der Waals surface area contributed by atoms with Crippen molar-refractivity contribution in [2.24, 2.45) is 0 Å². The molecule has 0 saturated carbocycles. The van der Waals surface area contributed by atoms with Crippen LogP contribution in [0.1, 0.15) is 32.1 Å². The van der Waals surface area contributed by atoms with Gasteiger partial charge in [0.2, 0.25) is 0 Å². The molecule has 1 aromatic carbocycles. The molecule has 6 heteroatoms. The van der Waals surface area contributed by atoms with Crippen molar-refractivity contribution in [3.63, 3.8) is 0 Å². The molecule has 1 amide bonds. The van der Waals surface area contributed by atoms with Crippen molar-refractivity contribution in [1.29, 1.82) is 0 Å². The molecule has 0 unspecified atom stereocenters. The monoisotopic (exact) mass is 330 g/mol. The minimum absolute atomic E-state index is 0.0277. The number of hydrogen-bond donors (Lipinski definition) is 0. The van der Waals surface area contributed by atoms with Crippen molar-refractivity contribution >= 4 is 23.0 Å². The summed E-state index contributed by atoms with van der Waals surface area (Å²) in [5.74, 6) is -0.0286. The Kier molecular flexibility index (Phi) is 4.83. The highest BCUT2D eigenvalue weighted by molar-refractivity contribution is 7.11. The number of nitrogens with zero attached hydrogens (tertiary/aromatic N) is 2. The molecular formula is C17H18N2O3S. The van der Waals surface area contributed by atoms with E-state index in [1.807, 2.05) is 25.1 Å². The van der Waals surface area contributed by atoms with Crippen molar-refractivity contribution in [2.75, 3.05) is 19.8 Å². The number of hydrogen-bond acceptors (Lipinski definition) is 5. The summed E-state index contributed by atoms with van der Waals surface area (Å²) in [4.78, 5) is 31.7. The van der Waals surface area contributed by atoms with Crippen LogP contribution in [0.25, 0.3) is 0 Å². The Bertz CT molecular complexity index is 699. The number of ether oxygens (including phenoxy) is 1. The van der Waals surface area contributed by atoms with E-state index in [4.69, 9.17) is 4.74 Å². The lowest BCUT2D eigenvalue weighted by atomic mass is 10.0. The Morgan fingerprint density at radius 3 is 2.83 bits per heavy atom. The number of aryl methyl sites for hydroxylation is 1. The van der Waals surface area contributed by atoms with Crippen molar-refractivity contribution in [1.82, 2.24) is 9.88 Å². The van der Waals surface area contributed by atoms with Gasteiger partial charge >= 0.3 is 0 Å². The van der Waals surface area contributed by atoms with Gasteiger partial charge in [0.15, 0.2) is 5.78 Å². The third-order valence-electron chi connectivity index (χ3n) is 3.94. The fourth-order valence-corrected chi connectivity index (χ4v) is 3.44. The highest BCUT2D eigenvalue weighted by Gasteiger charge is 2.31. The van der Waals surface area contributed by atoms with E-state index in [9.17, 15) is 9.59 Å². The number of benzene rings is 1. The van der Waals surface area contributed by atoms with Crippen LogP contribution in [0.3, 0.4) is 0 Å². The van der Waals surface area contributed by atoms with E-state index in [0.29, 0.717) is 30.2 Å². The summed E-state index contributed by atoms with van der Waals surface area (Å²) in [5, 5.41) is 0. The first kappa shape index (κ1) is 15.8. The summed E-state index contributed by atoms with van der Waals surface area (Å²) >= 11 is 1.34. The molecule has 0 bridgehead atoms. The molecule has 1 aliphatic rings. The molecule has 120 valence electrons. The number of carbonyl (C=O) groups excluding carboxylic acids is 2. The molecule has 0 aliphatic carbocycles. The molecule has 1 aromatic heterocycles. The number of ketones is 1. The number of aromatic nitrogens is 1. The summed E-state index contributed by atoms with van der Waals surface area (Å²) in [6.45, 7) is 3.22. The van der Waals surface area contributed by atoms with Crippen molar-refractivity contribution in [3.05, 3.63) is 52.0 Å². The van der Waals surface area contributed by atoms with Gasteiger partial charge in [0.1, 0.15) is 4.88 Å². The standard InChI is InChI=1S/C17H18N2O3S/c1-12-16(23-11-18-12)17(21)19-7-8-22-10-14(19)9-15(20)13-5-3-2-4-6-13/h2-6,11,14H,7-10H2,1H3/t14-/m0/s1. The van der Waals surface area contributed by atoms with Crippen LogP contribution in [-0.2, 0) is 4.74 Å². The first-order chi connectivity index (χ1) is 11.2. The fraction of sp³-hybridized carbons (Fsp3) is 0.353. The van der Waals surface area contributed by atoms with Gasteiger partial charge in [-0.2, -0.15) is 0 Å². The molecule has 1 saturated heterocycles. The Balaban J connectivity index is 1.75. The molecule has 3 rings (SSSR count). The van der Waals surface area contributed by atoms with E-state index < -0.39 is 0 Å². The van der Waals surface area contributed by atoms with Crippen molar-refractivity contribution < 1.29 is 14.3 Å². The number of morpholine rings is 1. The minimum atomic E-state index is -0.231. The molecule has 1 atom stereocenters. The molecule has 0 spiro atoms. The second-order valence-corrected chi connectivity index (χ2v) is 6.34. The molecule has 5 nitrogen and oxygen atoms in total. The molecule has 2 aromatic rings. The van der Waals surface area contributed by atoms with Gasteiger partial charge in [0, 0.05) is 18.5 Å². The Hall–Kier alpha value is -2.05. The minimum Gasteiger partial charge on any atom is -0.377 e. The molecule has 1 fully saturated rings.